The van der Waals surface area contributed by atoms with Crippen molar-refractivity contribution in [1.82, 2.24) is 9.88 Å². The van der Waals surface area contributed by atoms with Crippen molar-refractivity contribution >= 4 is 11.8 Å². The highest BCUT2D eigenvalue weighted by molar-refractivity contribution is 5.66. The maximum atomic E-state index is 11.0. The molecule has 1 aromatic rings. The predicted octanol–water partition coefficient (Wildman–Crippen LogP) is 1.28. The van der Waals surface area contributed by atoms with Crippen LogP contribution in [-0.2, 0) is 0 Å². The topological polar surface area (TPSA) is 65.9 Å². The minimum atomic E-state index is -0.852. The van der Waals surface area contributed by atoms with Crippen molar-refractivity contribution in [2.75, 3.05) is 31.6 Å². The van der Waals surface area contributed by atoms with Crippen molar-refractivity contribution < 1.29 is 14.6 Å². The Morgan fingerprint density at radius 3 is 2.94 bits per heavy atom. The first-order valence-corrected chi connectivity index (χ1v) is 5.86. The van der Waals surface area contributed by atoms with E-state index < -0.39 is 6.09 Å². The van der Waals surface area contributed by atoms with Crippen molar-refractivity contribution in [3.05, 3.63) is 18.3 Å². The SMILES string of the molecule is COc1cc(N2CCN(C(=O)O)C(C)C2)ccn1. The number of carboxylic acid groups (broad SMARTS) is 1. The molecular formula is C12H17N3O3. The van der Waals surface area contributed by atoms with Gasteiger partial charge in [-0.3, -0.25) is 0 Å². The van der Waals surface area contributed by atoms with Crippen LogP contribution in [0.5, 0.6) is 5.88 Å². The molecule has 0 spiro atoms. The van der Waals surface area contributed by atoms with Crippen molar-refractivity contribution in [1.29, 1.82) is 0 Å². The Kier molecular flexibility index (Phi) is 3.55. The molecule has 0 aromatic carbocycles. The lowest BCUT2D eigenvalue weighted by molar-refractivity contribution is 0.122. The number of methoxy groups -OCH3 is 1. The summed E-state index contributed by atoms with van der Waals surface area (Å²) >= 11 is 0. The largest absolute Gasteiger partial charge is 0.481 e. The number of hydrogen-bond acceptors (Lipinski definition) is 4. The number of nitrogens with zero attached hydrogens (tertiary/aromatic N) is 3. The summed E-state index contributed by atoms with van der Waals surface area (Å²) in [5, 5.41) is 9.03. The number of carbonyl (C=O) groups is 1. The van der Waals surface area contributed by atoms with E-state index >= 15 is 0 Å². The number of amides is 1. The van der Waals surface area contributed by atoms with Crippen LogP contribution in [0.2, 0.25) is 0 Å². The van der Waals surface area contributed by atoms with Crippen LogP contribution in [0.3, 0.4) is 0 Å². The van der Waals surface area contributed by atoms with Crippen LogP contribution >= 0.6 is 0 Å². The molecule has 1 aromatic heterocycles. The van der Waals surface area contributed by atoms with Gasteiger partial charge in [-0.15, -0.1) is 0 Å². The number of rotatable bonds is 2. The van der Waals surface area contributed by atoms with Crippen molar-refractivity contribution in [3.8, 4) is 5.88 Å². The van der Waals surface area contributed by atoms with Crippen LogP contribution < -0.4 is 9.64 Å². The second-order valence-electron chi connectivity index (χ2n) is 4.33. The van der Waals surface area contributed by atoms with Gasteiger partial charge in [0.05, 0.1) is 7.11 Å². The van der Waals surface area contributed by atoms with E-state index in [2.05, 4.69) is 9.88 Å². The average molecular weight is 251 g/mol. The quantitative estimate of drug-likeness (QED) is 0.857. The van der Waals surface area contributed by atoms with Crippen LogP contribution in [0.1, 0.15) is 6.92 Å². The lowest BCUT2D eigenvalue weighted by atomic mass is 10.2. The number of pyridine rings is 1. The molecule has 1 atom stereocenters. The molecule has 0 radical (unpaired) electrons. The Morgan fingerprint density at radius 2 is 2.33 bits per heavy atom. The third-order valence-corrected chi connectivity index (χ3v) is 3.17. The van der Waals surface area contributed by atoms with E-state index in [9.17, 15) is 4.79 Å². The third-order valence-electron chi connectivity index (χ3n) is 3.17. The maximum Gasteiger partial charge on any atom is 0.407 e. The van der Waals surface area contributed by atoms with Gasteiger partial charge in [0.1, 0.15) is 0 Å². The highest BCUT2D eigenvalue weighted by atomic mass is 16.5. The molecule has 0 bridgehead atoms. The van der Waals surface area contributed by atoms with E-state index in [0.717, 1.165) is 5.69 Å². The Balaban J connectivity index is 2.09. The molecule has 1 N–H and O–H groups in total. The Bertz CT molecular complexity index is 438. The molecule has 18 heavy (non-hydrogen) atoms. The Morgan fingerprint density at radius 1 is 1.56 bits per heavy atom. The third kappa shape index (κ3) is 2.47. The first-order valence-electron chi connectivity index (χ1n) is 5.86. The molecule has 98 valence electrons. The zero-order valence-corrected chi connectivity index (χ0v) is 10.5. The van der Waals surface area contributed by atoms with Gasteiger partial charge in [-0.05, 0) is 13.0 Å². The molecule has 1 aliphatic heterocycles. The van der Waals surface area contributed by atoms with Gasteiger partial charge in [-0.1, -0.05) is 0 Å². The molecule has 0 saturated carbocycles. The van der Waals surface area contributed by atoms with E-state index in [1.54, 1.807) is 13.3 Å². The zero-order chi connectivity index (χ0) is 13.1. The molecule has 1 aliphatic rings. The summed E-state index contributed by atoms with van der Waals surface area (Å²) in [4.78, 5) is 18.7. The lowest BCUT2D eigenvalue weighted by Gasteiger charge is -2.39. The summed E-state index contributed by atoms with van der Waals surface area (Å²) in [5.74, 6) is 0.570. The van der Waals surface area contributed by atoms with E-state index in [0.29, 0.717) is 25.5 Å². The van der Waals surface area contributed by atoms with Gasteiger partial charge in [-0.25, -0.2) is 9.78 Å². The van der Waals surface area contributed by atoms with Gasteiger partial charge in [0.25, 0.3) is 0 Å². The van der Waals surface area contributed by atoms with E-state index in [4.69, 9.17) is 9.84 Å². The van der Waals surface area contributed by atoms with Gasteiger partial charge in [0, 0.05) is 43.6 Å². The van der Waals surface area contributed by atoms with E-state index in [1.807, 2.05) is 19.1 Å². The van der Waals surface area contributed by atoms with Crippen LogP contribution in [0.4, 0.5) is 10.5 Å². The number of piperazine rings is 1. The van der Waals surface area contributed by atoms with Gasteiger partial charge < -0.3 is 19.6 Å². The molecule has 1 fully saturated rings. The Labute approximate surface area is 106 Å². The number of anilines is 1. The summed E-state index contributed by atoms with van der Waals surface area (Å²) in [6.07, 6.45) is 0.844. The van der Waals surface area contributed by atoms with Crippen LogP contribution in [-0.4, -0.2) is 53.9 Å². The molecule has 1 saturated heterocycles. The second-order valence-corrected chi connectivity index (χ2v) is 4.33. The van der Waals surface area contributed by atoms with Crippen LogP contribution in [0.15, 0.2) is 18.3 Å². The fourth-order valence-electron chi connectivity index (χ4n) is 2.18. The number of aromatic nitrogens is 1. The van der Waals surface area contributed by atoms with Gasteiger partial charge >= 0.3 is 6.09 Å². The second kappa shape index (κ2) is 5.12. The summed E-state index contributed by atoms with van der Waals surface area (Å²) in [5.41, 5.74) is 1.01. The first-order chi connectivity index (χ1) is 8.61. The lowest BCUT2D eigenvalue weighted by Crippen LogP contribution is -2.53. The summed E-state index contributed by atoms with van der Waals surface area (Å²) < 4.78 is 5.09. The van der Waals surface area contributed by atoms with E-state index in [-0.39, 0.29) is 6.04 Å². The molecule has 1 amide bonds. The highest BCUT2D eigenvalue weighted by Gasteiger charge is 2.27. The molecular weight excluding hydrogens is 234 g/mol. The number of ether oxygens (including phenoxy) is 1. The van der Waals surface area contributed by atoms with Crippen molar-refractivity contribution in [2.45, 2.75) is 13.0 Å². The van der Waals surface area contributed by atoms with Gasteiger partial charge in [0.15, 0.2) is 0 Å². The fourth-order valence-corrected chi connectivity index (χ4v) is 2.18. The number of hydrogen-bond donors (Lipinski definition) is 1. The molecule has 2 rings (SSSR count). The van der Waals surface area contributed by atoms with Gasteiger partial charge in [-0.2, -0.15) is 0 Å². The standard InChI is InChI=1S/C12H17N3O3/c1-9-8-14(5-6-15(9)12(16)17)10-3-4-13-11(7-10)18-2/h3-4,7,9H,5-6,8H2,1-2H3,(H,16,17). The normalized spacial score (nSPS) is 19.8. The van der Waals surface area contributed by atoms with Crippen LogP contribution in [0.25, 0.3) is 0 Å². The smallest absolute Gasteiger partial charge is 0.407 e. The molecule has 6 heteroatoms. The van der Waals surface area contributed by atoms with Crippen molar-refractivity contribution in [3.63, 3.8) is 0 Å². The molecule has 1 unspecified atom stereocenters. The zero-order valence-electron chi connectivity index (χ0n) is 10.5. The maximum absolute atomic E-state index is 11.0. The predicted molar refractivity (Wildman–Crippen MR) is 67.2 cm³/mol. The molecule has 6 nitrogen and oxygen atoms in total. The van der Waals surface area contributed by atoms with Crippen molar-refractivity contribution in [2.24, 2.45) is 0 Å². The minimum absolute atomic E-state index is 0.0181. The van der Waals surface area contributed by atoms with Crippen LogP contribution in [0, 0.1) is 0 Å². The molecule has 0 aliphatic carbocycles. The first kappa shape index (κ1) is 12.5. The Hall–Kier alpha value is -1.98. The average Bonchev–Trinajstić information content (AvgIpc) is 2.38. The fraction of sp³-hybridized carbons (Fsp3) is 0.500. The molecule has 2 heterocycles. The monoisotopic (exact) mass is 251 g/mol. The summed E-state index contributed by atoms with van der Waals surface area (Å²) in [6, 6.07) is 3.75. The minimum Gasteiger partial charge on any atom is -0.481 e. The van der Waals surface area contributed by atoms with E-state index in [1.165, 1.54) is 4.90 Å². The summed E-state index contributed by atoms with van der Waals surface area (Å²) in [7, 11) is 1.58. The summed E-state index contributed by atoms with van der Waals surface area (Å²) in [6.45, 7) is 3.79. The van der Waals surface area contributed by atoms with Gasteiger partial charge in [0.2, 0.25) is 5.88 Å². The highest BCUT2D eigenvalue weighted by Crippen LogP contribution is 2.21.